The van der Waals surface area contributed by atoms with E-state index in [1.54, 1.807) is 0 Å². The Kier molecular flexibility index (Phi) is 3.24. The molecule has 0 bridgehead atoms. The molecule has 1 aliphatic carbocycles. The molecule has 0 aromatic carbocycles. The number of hydrogen-bond acceptors (Lipinski definition) is 4. The van der Waals surface area contributed by atoms with Crippen LogP contribution in [0.4, 0.5) is 0 Å². The number of aromatic nitrogens is 2. The summed E-state index contributed by atoms with van der Waals surface area (Å²) in [5, 5.41) is 11.4. The molecule has 0 atom stereocenters. The fourth-order valence-electron chi connectivity index (χ4n) is 2.13. The van der Waals surface area contributed by atoms with Gasteiger partial charge in [-0.1, -0.05) is 0 Å². The molecule has 8 nitrogen and oxygen atoms in total. The van der Waals surface area contributed by atoms with Crippen LogP contribution in [0, 0.1) is 0 Å². The third-order valence-corrected chi connectivity index (χ3v) is 3.24. The van der Waals surface area contributed by atoms with E-state index in [1.807, 2.05) is 4.98 Å². The van der Waals surface area contributed by atoms with Gasteiger partial charge in [-0.3, -0.25) is 19.4 Å². The first-order valence-corrected chi connectivity index (χ1v) is 5.78. The molecule has 1 heterocycles. The first kappa shape index (κ1) is 13.1. The summed E-state index contributed by atoms with van der Waals surface area (Å²) in [6.45, 7) is 0. The highest BCUT2D eigenvalue weighted by molar-refractivity contribution is 5.94. The van der Waals surface area contributed by atoms with Gasteiger partial charge >= 0.3 is 11.7 Å². The normalized spacial score (nSPS) is 16.4. The van der Waals surface area contributed by atoms with E-state index in [2.05, 4.69) is 10.3 Å². The molecular formula is C11H13N3O5. The number of carbonyl (C=O) groups is 2. The molecule has 2 rings (SSSR count). The lowest BCUT2D eigenvalue weighted by Gasteiger charge is -2.41. The standard InChI is InChI=1S/C11H13N3O5/c15-7(16)4-11(2-1-3-11)14-9(18)6-5-12-10(19)13-8(6)17/h5H,1-4H2,(H,14,18)(H,15,16)(H2,12,13,17,19). The maximum absolute atomic E-state index is 11.9. The lowest BCUT2D eigenvalue weighted by Crippen LogP contribution is -2.55. The zero-order chi connectivity index (χ0) is 14.0. The second-order valence-corrected chi connectivity index (χ2v) is 4.64. The summed E-state index contributed by atoms with van der Waals surface area (Å²) >= 11 is 0. The fraction of sp³-hybridized carbons (Fsp3) is 0.455. The van der Waals surface area contributed by atoms with Crippen LogP contribution in [0.3, 0.4) is 0 Å². The SMILES string of the molecule is O=C(O)CC1(NC(=O)c2c[nH]c(=O)[nH]c2=O)CCC1. The van der Waals surface area contributed by atoms with Crippen LogP contribution in [-0.4, -0.2) is 32.5 Å². The molecule has 0 radical (unpaired) electrons. The Morgan fingerprint density at radius 1 is 1.37 bits per heavy atom. The van der Waals surface area contributed by atoms with Gasteiger partial charge in [0.25, 0.3) is 11.5 Å². The average molecular weight is 267 g/mol. The quantitative estimate of drug-likeness (QED) is 0.566. The molecule has 102 valence electrons. The number of nitrogens with one attached hydrogen (secondary N) is 3. The minimum Gasteiger partial charge on any atom is -0.481 e. The Morgan fingerprint density at radius 2 is 2.05 bits per heavy atom. The first-order chi connectivity index (χ1) is 8.92. The summed E-state index contributed by atoms with van der Waals surface area (Å²) in [4.78, 5) is 49.1. The Balaban J connectivity index is 2.18. The molecule has 0 unspecified atom stereocenters. The zero-order valence-corrected chi connectivity index (χ0v) is 9.99. The van der Waals surface area contributed by atoms with Crippen LogP contribution in [0.1, 0.15) is 36.0 Å². The zero-order valence-electron chi connectivity index (χ0n) is 9.99. The number of carboxylic acids is 1. The molecule has 1 fully saturated rings. The Hall–Kier alpha value is -2.38. The summed E-state index contributed by atoms with van der Waals surface area (Å²) in [5.41, 5.74) is -2.53. The number of aromatic amines is 2. The third-order valence-electron chi connectivity index (χ3n) is 3.24. The molecule has 0 spiro atoms. The van der Waals surface area contributed by atoms with Crippen molar-refractivity contribution in [3.8, 4) is 0 Å². The highest BCUT2D eigenvalue weighted by Crippen LogP contribution is 2.35. The molecule has 1 saturated carbocycles. The van der Waals surface area contributed by atoms with Crippen LogP contribution < -0.4 is 16.6 Å². The first-order valence-electron chi connectivity index (χ1n) is 5.78. The fourth-order valence-corrected chi connectivity index (χ4v) is 2.13. The number of H-pyrrole nitrogens is 2. The van der Waals surface area contributed by atoms with E-state index < -0.39 is 28.7 Å². The van der Waals surface area contributed by atoms with Gasteiger partial charge in [0, 0.05) is 6.20 Å². The monoisotopic (exact) mass is 267 g/mol. The Bertz CT molecular complexity index is 626. The van der Waals surface area contributed by atoms with E-state index in [0.717, 1.165) is 12.6 Å². The van der Waals surface area contributed by atoms with Crippen molar-refractivity contribution in [2.75, 3.05) is 0 Å². The van der Waals surface area contributed by atoms with Crippen LogP contribution >= 0.6 is 0 Å². The lowest BCUT2D eigenvalue weighted by atomic mass is 9.74. The summed E-state index contributed by atoms with van der Waals surface area (Å²) in [6, 6.07) is 0. The van der Waals surface area contributed by atoms with E-state index in [9.17, 15) is 19.2 Å². The van der Waals surface area contributed by atoms with Crippen LogP contribution in [0.5, 0.6) is 0 Å². The highest BCUT2D eigenvalue weighted by atomic mass is 16.4. The molecule has 1 aliphatic rings. The average Bonchev–Trinajstić information content (AvgIpc) is 2.25. The number of carbonyl (C=O) groups excluding carboxylic acids is 1. The molecule has 8 heteroatoms. The predicted octanol–water partition coefficient (Wildman–Crippen LogP) is -0.810. The molecule has 0 saturated heterocycles. The van der Waals surface area contributed by atoms with Crippen molar-refractivity contribution in [2.24, 2.45) is 0 Å². The molecule has 4 N–H and O–H groups in total. The van der Waals surface area contributed by atoms with Gasteiger partial charge in [-0.25, -0.2) is 4.79 Å². The van der Waals surface area contributed by atoms with Gasteiger partial charge in [-0.05, 0) is 19.3 Å². The topological polar surface area (TPSA) is 132 Å². The van der Waals surface area contributed by atoms with Crippen molar-refractivity contribution in [3.05, 3.63) is 32.6 Å². The summed E-state index contributed by atoms with van der Waals surface area (Å²) in [6.07, 6.45) is 2.79. The summed E-state index contributed by atoms with van der Waals surface area (Å²) in [7, 11) is 0. The van der Waals surface area contributed by atoms with Crippen molar-refractivity contribution < 1.29 is 14.7 Å². The van der Waals surface area contributed by atoms with E-state index >= 15 is 0 Å². The molecule has 1 aromatic heterocycles. The third kappa shape index (κ3) is 2.72. The predicted molar refractivity (Wildman–Crippen MR) is 64.0 cm³/mol. The van der Waals surface area contributed by atoms with E-state index in [4.69, 9.17) is 5.11 Å². The van der Waals surface area contributed by atoms with Crippen molar-refractivity contribution in [3.63, 3.8) is 0 Å². The maximum atomic E-state index is 11.9. The lowest BCUT2D eigenvalue weighted by molar-refractivity contribution is -0.139. The van der Waals surface area contributed by atoms with Gasteiger partial charge < -0.3 is 15.4 Å². The number of aliphatic carboxylic acids is 1. The molecule has 0 aliphatic heterocycles. The van der Waals surface area contributed by atoms with Crippen LogP contribution in [0.15, 0.2) is 15.8 Å². The maximum Gasteiger partial charge on any atom is 0.325 e. The molecule has 19 heavy (non-hydrogen) atoms. The second kappa shape index (κ2) is 4.71. The van der Waals surface area contributed by atoms with Gasteiger partial charge in [-0.15, -0.1) is 0 Å². The number of amides is 1. The summed E-state index contributed by atoms with van der Waals surface area (Å²) < 4.78 is 0. The van der Waals surface area contributed by atoms with Gasteiger partial charge in [0.15, 0.2) is 0 Å². The van der Waals surface area contributed by atoms with Crippen LogP contribution in [0.25, 0.3) is 0 Å². The molecule has 1 amide bonds. The van der Waals surface area contributed by atoms with Crippen molar-refractivity contribution in [2.45, 2.75) is 31.2 Å². The number of rotatable bonds is 4. The van der Waals surface area contributed by atoms with Crippen molar-refractivity contribution in [1.82, 2.24) is 15.3 Å². The minimum atomic E-state index is -1.00. The van der Waals surface area contributed by atoms with Crippen molar-refractivity contribution in [1.29, 1.82) is 0 Å². The second-order valence-electron chi connectivity index (χ2n) is 4.64. The van der Waals surface area contributed by atoms with E-state index in [0.29, 0.717) is 12.8 Å². The van der Waals surface area contributed by atoms with Crippen LogP contribution in [-0.2, 0) is 4.79 Å². The molecule has 1 aromatic rings. The van der Waals surface area contributed by atoms with Crippen LogP contribution in [0.2, 0.25) is 0 Å². The minimum absolute atomic E-state index is 0.181. The van der Waals surface area contributed by atoms with Gasteiger partial charge in [0.2, 0.25) is 0 Å². The van der Waals surface area contributed by atoms with Crippen molar-refractivity contribution >= 4 is 11.9 Å². The Labute approximate surface area is 106 Å². The number of hydrogen-bond donors (Lipinski definition) is 4. The largest absolute Gasteiger partial charge is 0.481 e. The molecular weight excluding hydrogens is 254 g/mol. The highest BCUT2D eigenvalue weighted by Gasteiger charge is 2.40. The smallest absolute Gasteiger partial charge is 0.325 e. The summed E-state index contributed by atoms with van der Waals surface area (Å²) in [5.74, 6) is -1.69. The number of carboxylic acid groups (broad SMARTS) is 1. The van der Waals surface area contributed by atoms with Gasteiger partial charge in [-0.2, -0.15) is 0 Å². The van der Waals surface area contributed by atoms with E-state index in [-0.39, 0.29) is 12.0 Å². The van der Waals surface area contributed by atoms with E-state index in [1.165, 1.54) is 0 Å². The van der Waals surface area contributed by atoms with Gasteiger partial charge in [0.05, 0.1) is 12.0 Å². The van der Waals surface area contributed by atoms with Gasteiger partial charge in [0.1, 0.15) is 5.56 Å². The Morgan fingerprint density at radius 3 is 2.53 bits per heavy atom.